The van der Waals surface area contributed by atoms with Crippen molar-refractivity contribution in [3.63, 3.8) is 0 Å². The van der Waals surface area contributed by atoms with Gasteiger partial charge in [0.25, 0.3) is 0 Å². The van der Waals surface area contributed by atoms with Gasteiger partial charge in [-0.2, -0.15) is 9.40 Å². The van der Waals surface area contributed by atoms with Crippen molar-refractivity contribution >= 4 is 38.4 Å². The molecule has 2 aliphatic heterocycles. The number of nitrogens with zero attached hydrogens (tertiary/aromatic N) is 4. The summed E-state index contributed by atoms with van der Waals surface area (Å²) in [5.74, 6) is 2.08. The fourth-order valence-electron chi connectivity index (χ4n) is 5.09. The second kappa shape index (κ2) is 8.54. The maximum absolute atomic E-state index is 12.6. The SMILES string of the molecule is CCS(=O)(=O)N1[C@@H]2CC[C@H]1CC(Nc1nc(Nc3cc(C)[nH]n3)cc3nc(CO)ccc13)C2. The first kappa shape index (κ1) is 22.1. The van der Waals surface area contributed by atoms with Crippen LogP contribution in [-0.2, 0) is 16.6 Å². The molecule has 33 heavy (non-hydrogen) atoms. The molecule has 0 amide bonds. The van der Waals surface area contributed by atoms with Crippen molar-refractivity contribution in [1.82, 2.24) is 24.5 Å². The van der Waals surface area contributed by atoms with E-state index in [4.69, 9.17) is 4.98 Å². The molecule has 3 atom stereocenters. The average molecular weight is 472 g/mol. The normalized spacial score (nSPS) is 23.2. The Bertz CT molecular complexity index is 1260. The van der Waals surface area contributed by atoms with Gasteiger partial charge in [-0.3, -0.25) is 10.1 Å². The summed E-state index contributed by atoms with van der Waals surface area (Å²) in [6.07, 6.45) is 3.30. The zero-order chi connectivity index (χ0) is 23.2. The number of aliphatic hydroxyl groups excluding tert-OH is 1. The van der Waals surface area contributed by atoms with Crippen LogP contribution in [0.25, 0.3) is 10.9 Å². The standard InChI is InChI=1S/C22H29N7O3S/c1-3-33(31,32)29-16-5-6-17(29)10-15(9-16)24-22-18-7-4-14(12-30)23-19(18)11-20(26-22)25-21-8-13(2)27-28-21/h4,7-8,11,15-17,30H,3,5-6,9-10,12H2,1-2H3,(H3,24,25,26,27,28)/t15?,16-,17+. The summed E-state index contributed by atoms with van der Waals surface area (Å²) in [5.41, 5.74) is 2.22. The summed E-state index contributed by atoms with van der Waals surface area (Å²) in [7, 11) is -3.20. The molecule has 3 aromatic rings. The third-order valence-corrected chi connectivity index (χ3v) is 8.53. The van der Waals surface area contributed by atoms with Gasteiger partial charge in [-0.1, -0.05) is 0 Å². The summed E-state index contributed by atoms with van der Waals surface area (Å²) in [5, 5.41) is 24.3. The van der Waals surface area contributed by atoms with Gasteiger partial charge in [0.15, 0.2) is 5.82 Å². The van der Waals surface area contributed by atoms with Crippen molar-refractivity contribution in [3.8, 4) is 0 Å². The molecule has 3 aromatic heterocycles. The maximum atomic E-state index is 12.6. The number of aliphatic hydroxyl groups is 1. The summed E-state index contributed by atoms with van der Waals surface area (Å²) in [6.45, 7) is 3.49. The van der Waals surface area contributed by atoms with Crippen molar-refractivity contribution in [3.05, 3.63) is 35.7 Å². The fraction of sp³-hybridized carbons (Fsp3) is 0.500. The minimum Gasteiger partial charge on any atom is -0.390 e. The number of aromatic nitrogens is 4. The van der Waals surface area contributed by atoms with E-state index in [2.05, 4.69) is 25.8 Å². The molecule has 0 spiro atoms. The number of piperidine rings is 1. The third kappa shape index (κ3) is 4.28. The lowest BCUT2D eigenvalue weighted by atomic mass is 9.99. The monoisotopic (exact) mass is 471 g/mol. The number of H-pyrrole nitrogens is 1. The number of pyridine rings is 2. The molecule has 0 aliphatic carbocycles. The topological polar surface area (TPSA) is 136 Å². The van der Waals surface area contributed by atoms with Crippen LogP contribution in [0.15, 0.2) is 24.3 Å². The Kier molecular flexibility index (Phi) is 5.71. The van der Waals surface area contributed by atoms with Crippen LogP contribution in [0.2, 0.25) is 0 Å². The van der Waals surface area contributed by atoms with Gasteiger partial charge in [-0.25, -0.2) is 13.4 Å². The minimum atomic E-state index is -3.20. The first-order valence-corrected chi connectivity index (χ1v) is 13.0. The third-order valence-electron chi connectivity index (χ3n) is 6.56. The molecule has 5 rings (SSSR count). The van der Waals surface area contributed by atoms with Gasteiger partial charge in [-0.05, 0) is 51.7 Å². The molecule has 2 bridgehead atoms. The number of fused-ring (bicyclic) bond motifs is 3. The molecule has 4 N–H and O–H groups in total. The second-order valence-corrected chi connectivity index (χ2v) is 11.0. The second-order valence-electron chi connectivity index (χ2n) is 8.87. The average Bonchev–Trinajstić information content (AvgIpc) is 3.33. The van der Waals surface area contributed by atoms with Gasteiger partial charge in [0.1, 0.15) is 11.6 Å². The van der Waals surface area contributed by atoms with Gasteiger partial charge in [-0.15, -0.1) is 0 Å². The molecule has 2 fully saturated rings. The van der Waals surface area contributed by atoms with E-state index in [1.807, 2.05) is 25.1 Å². The minimum absolute atomic E-state index is 0.0323. The van der Waals surface area contributed by atoms with Crippen LogP contribution < -0.4 is 10.6 Å². The zero-order valence-electron chi connectivity index (χ0n) is 18.7. The number of aromatic amines is 1. The highest BCUT2D eigenvalue weighted by Gasteiger charge is 2.46. The summed E-state index contributed by atoms with van der Waals surface area (Å²) < 4.78 is 26.9. The van der Waals surface area contributed by atoms with E-state index >= 15 is 0 Å². The Morgan fingerprint density at radius 3 is 2.55 bits per heavy atom. The lowest BCUT2D eigenvalue weighted by Gasteiger charge is -2.38. The van der Waals surface area contributed by atoms with Crippen LogP contribution in [0, 0.1) is 6.92 Å². The first-order chi connectivity index (χ1) is 15.9. The largest absolute Gasteiger partial charge is 0.390 e. The lowest BCUT2D eigenvalue weighted by molar-refractivity contribution is 0.235. The molecule has 176 valence electrons. The van der Waals surface area contributed by atoms with E-state index in [1.165, 1.54) is 0 Å². The van der Waals surface area contributed by atoms with Crippen LogP contribution in [0.4, 0.5) is 17.5 Å². The van der Waals surface area contributed by atoms with E-state index in [0.717, 1.165) is 36.8 Å². The van der Waals surface area contributed by atoms with Gasteiger partial charge in [0.05, 0.1) is 23.6 Å². The molecule has 11 heteroatoms. The highest BCUT2D eigenvalue weighted by atomic mass is 32.2. The molecular weight excluding hydrogens is 442 g/mol. The van der Waals surface area contributed by atoms with Crippen LogP contribution in [0.1, 0.15) is 44.0 Å². The van der Waals surface area contributed by atoms with Crippen LogP contribution in [0.3, 0.4) is 0 Å². The Morgan fingerprint density at radius 1 is 1.15 bits per heavy atom. The van der Waals surface area contributed by atoms with Crippen LogP contribution in [0.5, 0.6) is 0 Å². The molecule has 5 heterocycles. The number of hydrogen-bond acceptors (Lipinski definition) is 8. The van der Waals surface area contributed by atoms with Crippen LogP contribution >= 0.6 is 0 Å². The number of aryl methyl sites for hydroxylation is 1. The number of rotatable bonds is 7. The molecule has 0 radical (unpaired) electrons. The maximum Gasteiger partial charge on any atom is 0.214 e. The van der Waals surface area contributed by atoms with Gasteiger partial charge in [0, 0.05) is 41.3 Å². The number of hydrogen-bond donors (Lipinski definition) is 4. The zero-order valence-corrected chi connectivity index (χ0v) is 19.6. The molecule has 1 unspecified atom stereocenters. The molecule has 0 aromatic carbocycles. The molecule has 2 saturated heterocycles. The van der Waals surface area contributed by atoms with Gasteiger partial charge in [0.2, 0.25) is 10.0 Å². The number of anilines is 3. The van der Waals surface area contributed by atoms with Crippen molar-refractivity contribution in [2.75, 3.05) is 16.4 Å². The van der Waals surface area contributed by atoms with Crippen molar-refractivity contribution in [2.45, 2.75) is 64.3 Å². The summed E-state index contributed by atoms with van der Waals surface area (Å²) >= 11 is 0. The quantitative estimate of drug-likeness (QED) is 0.413. The van der Waals surface area contributed by atoms with Crippen LogP contribution in [-0.4, -0.2) is 61.9 Å². The Labute approximate surface area is 192 Å². The predicted molar refractivity (Wildman–Crippen MR) is 127 cm³/mol. The van der Waals surface area contributed by atoms with Crippen molar-refractivity contribution < 1.29 is 13.5 Å². The molecule has 2 aliphatic rings. The first-order valence-electron chi connectivity index (χ1n) is 11.3. The Balaban J connectivity index is 1.45. The fourth-order valence-corrected chi connectivity index (χ4v) is 6.68. The lowest BCUT2D eigenvalue weighted by Crippen LogP contribution is -2.50. The Hall–Kier alpha value is -2.76. The van der Waals surface area contributed by atoms with E-state index in [-0.39, 0.29) is 30.5 Å². The van der Waals surface area contributed by atoms with Gasteiger partial charge >= 0.3 is 0 Å². The van der Waals surface area contributed by atoms with E-state index in [0.29, 0.717) is 28.7 Å². The molecule has 0 saturated carbocycles. The summed E-state index contributed by atoms with van der Waals surface area (Å²) in [4.78, 5) is 9.37. The molecule has 10 nitrogen and oxygen atoms in total. The van der Waals surface area contributed by atoms with E-state index in [1.54, 1.807) is 17.3 Å². The van der Waals surface area contributed by atoms with E-state index in [9.17, 15) is 13.5 Å². The smallest absolute Gasteiger partial charge is 0.214 e. The Morgan fingerprint density at radius 2 is 1.91 bits per heavy atom. The van der Waals surface area contributed by atoms with E-state index < -0.39 is 10.0 Å². The number of nitrogens with one attached hydrogen (secondary N) is 3. The highest BCUT2D eigenvalue weighted by molar-refractivity contribution is 7.89. The van der Waals surface area contributed by atoms with Crippen molar-refractivity contribution in [1.29, 1.82) is 0 Å². The predicted octanol–water partition coefficient (Wildman–Crippen LogP) is 2.65. The van der Waals surface area contributed by atoms with Crippen molar-refractivity contribution in [2.24, 2.45) is 0 Å². The number of sulfonamides is 1. The highest BCUT2D eigenvalue weighted by Crippen LogP contribution is 2.39. The molecular formula is C22H29N7O3S. The summed E-state index contributed by atoms with van der Waals surface area (Å²) in [6, 6.07) is 7.61. The van der Waals surface area contributed by atoms with Gasteiger partial charge < -0.3 is 15.7 Å².